The molecule has 7 rings (SSSR count). The highest BCUT2D eigenvalue weighted by Crippen LogP contribution is 2.54. The molecule has 2 heterocycles. The number of aryl methyl sites for hydroxylation is 2. The zero-order valence-corrected chi connectivity index (χ0v) is 21.0. The Morgan fingerprint density at radius 3 is 2.56 bits per heavy atom. The van der Waals surface area contributed by atoms with Crippen LogP contribution in [0.4, 0.5) is 0 Å². The Balaban J connectivity index is 1.52. The van der Waals surface area contributed by atoms with Crippen LogP contribution in [0.2, 0.25) is 0 Å². The van der Waals surface area contributed by atoms with Crippen LogP contribution in [0.1, 0.15) is 73.6 Å². The average molecular weight is 449 g/mol. The number of hydrogen-bond acceptors (Lipinski definition) is 1. The molecule has 3 aliphatic rings. The normalized spacial score (nSPS) is 22.6. The van der Waals surface area contributed by atoms with Crippen LogP contribution in [0.5, 0.6) is 11.5 Å². The predicted octanol–water partition coefficient (Wildman–Crippen LogP) is 8.23. The van der Waals surface area contributed by atoms with Gasteiger partial charge in [0.15, 0.2) is 6.20 Å². The second-order valence-corrected chi connectivity index (χ2v) is 11.6. The maximum absolute atomic E-state index is 6.89. The number of rotatable bonds is 2. The van der Waals surface area contributed by atoms with E-state index in [4.69, 9.17) is 4.74 Å². The van der Waals surface area contributed by atoms with Gasteiger partial charge >= 0.3 is 0 Å². The van der Waals surface area contributed by atoms with E-state index in [0.29, 0.717) is 5.92 Å². The summed E-state index contributed by atoms with van der Waals surface area (Å²) in [7, 11) is 2.17. The lowest BCUT2D eigenvalue weighted by molar-refractivity contribution is -0.659. The molecule has 2 saturated carbocycles. The highest BCUT2D eigenvalue weighted by atomic mass is 16.5. The van der Waals surface area contributed by atoms with Crippen molar-refractivity contribution in [3.63, 3.8) is 0 Å². The summed E-state index contributed by atoms with van der Waals surface area (Å²) in [6, 6.07) is 14.2. The molecule has 2 fully saturated rings. The Labute approximate surface area is 202 Å². The van der Waals surface area contributed by atoms with Gasteiger partial charge in [-0.05, 0) is 103 Å². The number of benzene rings is 3. The first-order chi connectivity index (χ1) is 16.4. The molecule has 0 N–H and O–H groups in total. The molecule has 34 heavy (non-hydrogen) atoms. The summed E-state index contributed by atoms with van der Waals surface area (Å²) in [5, 5.41) is 5.08. The summed E-state index contributed by atoms with van der Waals surface area (Å²) in [6.07, 6.45) is 7.96. The highest BCUT2D eigenvalue weighted by molar-refractivity contribution is 6.07. The molecule has 2 bridgehead atoms. The van der Waals surface area contributed by atoms with E-state index < -0.39 is 0 Å². The molecule has 3 atom stereocenters. The van der Waals surface area contributed by atoms with Gasteiger partial charge in [-0.3, -0.25) is 0 Å². The molecule has 0 amide bonds. The minimum absolute atomic E-state index is 0.462. The predicted molar refractivity (Wildman–Crippen MR) is 140 cm³/mol. The Hall–Kier alpha value is -2.87. The van der Waals surface area contributed by atoms with Crippen LogP contribution in [0.3, 0.4) is 0 Å². The minimum Gasteiger partial charge on any atom is -0.449 e. The number of ether oxygens (including phenoxy) is 1. The van der Waals surface area contributed by atoms with Gasteiger partial charge in [0, 0.05) is 16.2 Å². The van der Waals surface area contributed by atoms with Gasteiger partial charge in [0.1, 0.15) is 12.8 Å². The van der Waals surface area contributed by atoms with Crippen molar-refractivity contribution in [3.8, 4) is 22.8 Å². The average Bonchev–Trinajstić information content (AvgIpc) is 3.45. The third-order valence-electron chi connectivity index (χ3n) is 9.25. The van der Waals surface area contributed by atoms with Crippen LogP contribution < -0.4 is 9.30 Å². The van der Waals surface area contributed by atoms with Crippen LogP contribution in [0.15, 0.2) is 42.6 Å². The summed E-state index contributed by atoms with van der Waals surface area (Å²) < 4.78 is 9.18. The van der Waals surface area contributed by atoms with Crippen molar-refractivity contribution in [2.24, 2.45) is 18.9 Å². The molecule has 0 saturated heterocycles. The van der Waals surface area contributed by atoms with E-state index in [-0.39, 0.29) is 0 Å². The summed E-state index contributed by atoms with van der Waals surface area (Å²) in [4.78, 5) is 0. The topological polar surface area (TPSA) is 13.1 Å². The van der Waals surface area contributed by atoms with Gasteiger partial charge in [0.25, 0.3) is 5.69 Å². The summed E-state index contributed by atoms with van der Waals surface area (Å²) >= 11 is 0. The molecule has 0 radical (unpaired) electrons. The molecule has 1 aliphatic heterocycles. The quantitative estimate of drug-likeness (QED) is 0.248. The molecule has 1 aromatic heterocycles. The van der Waals surface area contributed by atoms with E-state index in [1.165, 1.54) is 80.7 Å². The Morgan fingerprint density at radius 1 is 0.971 bits per heavy atom. The third-order valence-corrected chi connectivity index (χ3v) is 9.25. The van der Waals surface area contributed by atoms with Gasteiger partial charge in [-0.25, -0.2) is 0 Å². The first-order valence-electron chi connectivity index (χ1n) is 13.1. The fourth-order valence-corrected chi connectivity index (χ4v) is 7.31. The minimum atomic E-state index is 0.462. The largest absolute Gasteiger partial charge is 0.449 e. The van der Waals surface area contributed by atoms with Gasteiger partial charge < -0.3 is 4.74 Å². The lowest BCUT2D eigenvalue weighted by Crippen LogP contribution is -2.32. The maximum atomic E-state index is 6.89. The number of pyridine rings is 1. The van der Waals surface area contributed by atoms with Crippen molar-refractivity contribution < 1.29 is 9.30 Å². The molecule has 4 aromatic rings. The number of fused-ring (bicyclic) bond motifs is 6. The molecule has 0 spiro atoms. The fourth-order valence-electron chi connectivity index (χ4n) is 7.31. The Bertz CT molecular complexity index is 1510. The number of aromatic nitrogens is 1. The van der Waals surface area contributed by atoms with E-state index in [2.05, 4.69) is 81.9 Å². The summed E-state index contributed by atoms with van der Waals surface area (Å²) in [5.74, 6) is 5.08. The van der Waals surface area contributed by atoms with Crippen molar-refractivity contribution in [2.45, 2.75) is 65.2 Å². The fraction of sp³-hybridized carbons (Fsp3) is 0.406. The SMILES string of the molecule is Cc1cc2cc(C(C)C)cc3c2c(c1C)-c1c(c2cc(C4CC5CCC4C5)ccc2c[n+]1C)O3. The van der Waals surface area contributed by atoms with Crippen LogP contribution in [0, 0.1) is 25.7 Å². The van der Waals surface area contributed by atoms with Crippen molar-refractivity contribution in [2.75, 3.05) is 0 Å². The van der Waals surface area contributed by atoms with Crippen LogP contribution >= 0.6 is 0 Å². The molecular formula is C32H34NO+. The zero-order valence-electron chi connectivity index (χ0n) is 21.0. The van der Waals surface area contributed by atoms with Gasteiger partial charge in [-0.15, -0.1) is 0 Å². The Morgan fingerprint density at radius 2 is 1.82 bits per heavy atom. The van der Waals surface area contributed by atoms with Crippen molar-refractivity contribution in [1.82, 2.24) is 0 Å². The first kappa shape index (κ1) is 20.5. The summed E-state index contributed by atoms with van der Waals surface area (Å²) in [6.45, 7) is 9.05. The first-order valence-corrected chi connectivity index (χ1v) is 13.1. The lowest BCUT2D eigenvalue weighted by atomic mass is 9.82. The van der Waals surface area contributed by atoms with Gasteiger partial charge in [0.2, 0.25) is 5.75 Å². The number of nitrogens with zero attached hydrogens (tertiary/aromatic N) is 1. The van der Waals surface area contributed by atoms with Crippen LogP contribution in [0.25, 0.3) is 32.8 Å². The van der Waals surface area contributed by atoms with E-state index in [0.717, 1.165) is 29.3 Å². The highest BCUT2D eigenvalue weighted by Gasteiger charge is 2.40. The van der Waals surface area contributed by atoms with Crippen LogP contribution in [-0.4, -0.2) is 0 Å². The summed E-state index contributed by atoms with van der Waals surface area (Å²) in [5.41, 5.74) is 8.12. The van der Waals surface area contributed by atoms with Gasteiger partial charge in [-0.1, -0.05) is 38.5 Å². The smallest absolute Gasteiger partial charge is 0.257 e. The Kier molecular flexibility index (Phi) is 4.26. The van der Waals surface area contributed by atoms with Crippen molar-refractivity contribution >= 4 is 21.5 Å². The zero-order chi connectivity index (χ0) is 23.3. The van der Waals surface area contributed by atoms with Crippen LogP contribution in [-0.2, 0) is 7.05 Å². The van der Waals surface area contributed by atoms with E-state index in [9.17, 15) is 0 Å². The molecule has 2 nitrogen and oxygen atoms in total. The number of hydrogen-bond donors (Lipinski definition) is 0. The second-order valence-electron chi connectivity index (χ2n) is 11.6. The third kappa shape index (κ3) is 2.78. The van der Waals surface area contributed by atoms with E-state index >= 15 is 0 Å². The molecule has 2 aliphatic carbocycles. The van der Waals surface area contributed by atoms with E-state index in [1.54, 1.807) is 0 Å². The second kappa shape index (κ2) is 7.07. The molecule has 3 aromatic carbocycles. The van der Waals surface area contributed by atoms with E-state index in [1.807, 2.05) is 0 Å². The monoisotopic (exact) mass is 448 g/mol. The lowest BCUT2D eigenvalue weighted by Gasteiger charge is -2.25. The van der Waals surface area contributed by atoms with Crippen molar-refractivity contribution in [1.29, 1.82) is 0 Å². The molecular weight excluding hydrogens is 414 g/mol. The molecule has 172 valence electrons. The van der Waals surface area contributed by atoms with Crippen molar-refractivity contribution in [3.05, 3.63) is 64.8 Å². The van der Waals surface area contributed by atoms with Gasteiger partial charge in [-0.2, -0.15) is 4.57 Å². The van der Waals surface area contributed by atoms with Gasteiger partial charge in [0.05, 0.1) is 5.56 Å². The standard InChI is InChI=1S/C32H34NO/c1-17(2)24-13-25-10-18(3)19(4)29-30(25)28(15-24)34-32-27-14-22(26-12-20-6-7-21(26)11-20)8-9-23(27)16-33(5)31(29)32/h8-10,13-17,20-21,26H,6-7,11-12H2,1-5H3/q+1. The molecule has 3 unspecified atom stereocenters. The maximum Gasteiger partial charge on any atom is 0.257 e. The molecule has 2 heteroatoms.